The standard InChI is InChI=1S/C27H53O8PS.2Na/c1-2-3-4-5-6-11-14-17-20-27(29)35-26(23-34-36(30,31)32)24-37-22-19-16-13-10-8-7-9-12-15-18-21-33-25-28;;/h25-26H,2-24H2,1H3,(H2,30,31,32);;/q;2*+1/p-2/t26-;;/m1../s1. The Hall–Kier alpha value is 1.40. The van der Waals surface area contributed by atoms with Crippen molar-refractivity contribution in [2.45, 2.75) is 135 Å². The molecule has 0 radical (unpaired) electrons. The summed E-state index contributed by atoms with van der Waals surface area (Å²) >= 11 is 1.60. The molecule has 8 nitrogen and oxygen atoms in total. The first-order valence-corrected chi connectivity index (χ1v) is 17.0. The van der Waals surface area contributed by atoms with Gasteiger partial charge in [0.05, 0.1) is 21.0 Å². The molecule has 0 N–H and O–H groups in total. The summed E-state index contributed by atoms with van der Waals surface area (Å²) in [7, 11) is -5.10. The Morgan fingerprint density at radius 2 is 1.28 bits per heavy atom. The fourth-order valence-corrected chi connectivity index (χ4v) is 5.36. The van der Waals surface area contributed by atoms with Crippen LogP contribution in [0.2, 0.25) is 0 Å². The first-order valence-electron chi connectivity index (χ1n) is 14.4. The van der Waals surface area contributed by atoms with E-state index in [9.17, 15) is 23.9 Å². The molecule has 0 aliphatic heterocycles. The van der Waals surface area contributed by atoms with Gasteiger partial charge in [-0.25, -0.2) is 0 Å². The summed E-state index contributed by atoms with van der Waals surface area (Å²) in [5.74, 6) is 0.948. The molecule has 0 aromatic rings. The molecule has 0 saturated carbocycles. The van der Waals surface area contributed by atoms with E-state index >= 15 is 0 Å². The zero-order valence-corrected chi connectivity index (χ0v) is 30.8. The fourth-order valence-electron chi connectivity index (χ4n) is 4.01. The van der Waals surface area contributed by atoms with Crippen LogP contribution in [0.15, 0.2) is 0 Å². The number of carbonyl (C=O) groups is 2. The van der Waals surface area contributed by atoms with Gasteiger partial charge in [-0.15, -0.1) is 0 Å². The van der Waals surface area contributed by atoms with Gasteiger partial charge in [-0.2, -0.15) is 11.8 Å². The number of unbranched alkanes of at least 4 members (excludes halogenated alkanes) is 16. The molecule has 0 saturated heterocycles. The maximum absolute atomic E-state index is 12.2. The molecule has 0 aliphatic rings. The summed E-state index contributed by atoms with van der Waals surface area (Å²) in [6, 6.07) is 0. The van der Waals surface area contributed by atoms with Gasteiger partial charge in [0.25, 0.3) is 6.47 Å². The number of hydrogen-bond donors (Lipinski definition) is 0. The maximum atomic E-state index is 12.2. The Bertz CT molecular complexity index is 584. The average molecular weight is 613 g/mol. The third kappa shape index (κ3) is 37.4. The van der Waals surface area contributed by atoms with Crippen LogP contribution < -0.4 is 68.9 Å². The van der Waals surface area contributed by atoms with Crippen molar-refractivity contribution in [3.05, 3.63) is 0 Å². The second-order valence-corrected chi connectivity index (χ2v) is 12.0. The van der Waals surface area contributed by atoms with Gasteiger partial charge in [0.15, 0.2) is 0 Å². The van der Waals surface area contributed by atoms with E-state index in [2.05, 4.69) is 16.2 Å². The van der Waals surface area contributed by atoms with E-state index in [0.29, 0.717) is 25.3 Å². The predicted molar refractivity (Wildman–Crippen MR) is 146 cm³/mol. The van der Waals surface area contributed by atoms with E-state index in [1.165, 1.54) is 70.6 Å². The minimum Gasteiger partial charge on any atom is -0.790 e. The van der Waals surface area contributed by atoms with Crippen molar-refractivity contribution < 1.29 is 97.1 Å². The number of ether oxygens (including phenoxy) is 2. The summed E-state index contributed by atoms with van der Waals surface area (Å²) in [5.41, 5.74) is 0. The van der Waals surface area contributed by atoms with Crippen LogP contribution in [0.4, 0.5) is 0 Å². The second-order valence-electron chi connectivity index (χ2n) is 9.66. The molecule has 0 bridgehead atoms. The molecule has 1 atom stereocenters. The number of hydrogen-bond acceptors (Lipinski definition) is 9. The SMILES string of the molecule is CCCCCCCCCCC(=O)O[C@H](COP(=O)([O-])[O-])CSCCCCCCCCCCCCOC=O.[Na+].[Na+]. The average Bonchev–Trinajstić information content (AvgIpc) is 2.85. The molecule has 0 unspecified atom stereocenters. The predicted octanol–water partition coefficient (Wildman–Crippen LogP) is 0.0895. The van der Waals surface area contributed by atoms with Crippen molar-refractivity contribution >= 4 is 32.0 Å². The van der Waals surface area contributed by atoms with Crippen LogP contribution in [0.1, 0.15) is 129 Å². The van der Waals surface area contributed by atoms with Gasteiger partial charge < -0.3 is 28.3 Å². The van der Waals surface area contributed by atoms with Crippen LogP contribution in [0, 0.1) is 0 Å². The van der Waals surface area contributed by atoms with Gasteiger partial charge in [-0.3, -0.25) is 9.59 Å². The number of thioether (sulfide) groups is 1. The summed E-state index contributed by atoms with van der Waals surface area (Å²) in [4.78, 5) is 44.0. The molecule has 0 aromatic carbocycles. The fraction of sp³-hybridized carbons (Fsp3) is 0.926. The molecule has 12 heteroatoms. The molecule has 220 valence electrons. The normalized spacial score (nSPS) is 11.8. The van der Waals surface area contributed by atoms with Crippen LogP contribution in [0.25, 0.3) is 0 Å². The van der Waals surface area contributed by atoms with E-state index in [1.54, 1.807) is 11.8 Å². The second kappa shape index (κ2) is 33.9. The molecular weight excluding hydrogens is 561 g/mol. The van der Waals surface area contributed by atoms with Crippen LogP contribution in [0.5, 0.6) is 0 Å². The Morgan fingerprint density at radius 1 is 0.795 bits per heavy atom. The Labute approximate surface area is 286 Å². The number of esters is 1. The van der Waals surface area contributed by atoms with Crippen molar-refractivity contribution in [2.75, 3.05) is 24.7 Å². The minimum absolute atomic E-state index is 0. The number of phosphoric ester groups is 1. The molecule has 0 aromatic heterocycles. The number of rotatable bonds is 29. The first-order chi connectivity index (χ1) is 17.9. The van der Waals surface area contributed by atoms with Crippen molar-refractivity contribution in [1.82, 2.24) is 0 Å². The zero-order chi connectivity index (χ0) is 27.5. The third-order valence-electron chi connectivity index (χ3n) is 6.12. The topological polar surface area (TPSA) is 125 Å². The van der Waals surface area contributed by atoms with Crippen molar-refractivity contribution in [3.8, 4) is 0 Å². The number of phosphoric acid groups is 1. The zero-order valence-electron chi connectivity index (χ0n) is 25.0. The van der Waals surface area contributed by atoms with Gasteiger partial charge in [-0.1, -0.05) is 103 Å². The summed E-state index contributed by atoms with van der Waals surface area (Å²) < 4.78 is 25.3. The number of carbonyl (C=O) groups excluding carboxylic acids is 2. The van der Waals surface area contributed by atoms with E-state index in [1.807, 2.05) is 0 Å². The largest absolute Gasteiger partial charge is 1.00 e. The van der Waals surface area contributed by atoms with Crippen LogP contribution >= 0.6 is 19.6 Å². The third-order valence-corrected chi connectivity index (χ3v) is 7.77. The Balaban J connectivity index is -0.00000648. The molecule has 0 amide bonds. The van der Waals surface area contributed by atoms with Gasteiger partial charge >= 0.3 is 65.1 Å². The summed E-state index contributed by atoms with van der Waals surface area (Å²) in [5, 5.41) is 0. The molecule has 0 heterocycles. The smallest absolute Gasteiger partial charge is 0.790 e. The van der Waals surface area contributed by atoms with Crippen LogP contribution in [0.3, 0.4) is 0 Å². The van der Waals surface area contributed by atoms with Gasteiger partial charge in [0.1, 0.15) is 6.10 Å². The maximum Gasteiger partial charge on any atom is 1.00 e. The first kappa shape index (κ1) is 44.8. The van der Waals surface area contributed by atoms with Crippen molar-refractivity contribution in [1.29, 1.82) is 0 Å². The summed E-state index contributed by atoms with van der Waals surface area (Å²) in [6.07, 6.45) is 20.1. The quantitative estimate of drug-likeness (QED) is 0.0380. The Kier molecular flexibility index (Phi) is 39.0. The van der Waals surface area contributed by atoms with E-state index in [0.717, 1.165) is 50.7 Å². The summed E-state index contributed by atoms with van der Waals surface area (Å²) in [6.45, 7) is 2.81. The molecular formula is C27H51Na2O8PS. The van der Waals surface area contributed by atoms with Crippen molar-refractivity contribution in [2.24, 2.45) is 0 Å². The van der Waals surface area contributed by atoms with Crippen molar-refractivity contribution in [3.63, 3.8) is 0 Å². The van der Waals surface area contributed by atoms with Gasteiger partial charge in [0.2, 0.25) is 0 Å². The molecule has 0 rings (SSSR count). The van der Waals surface area contributed by atoms with Crippen LogP contribution in [-0.2, 0) is 28.2 Å². The van der Waals surface area contributed by atoms with Gasteiger partial charge in [0, 0.05) is 12.2 Å². The molecule has 39 heavy (non-hydrogen) atoms. The van der Waals surface area contributed by atoms with E-state index in [-0.39, 0.29) is 65.1 Å². The Morgan fingerprint density at radius 3 is 1.79 bits per heavy atom. The van der Waals surface area contributed by atoms with Crippen LogP contribution in [-0.4, -0.2) is 43.3 Å². The van der Waals surface area contributed by atoms with E-state index < -0.39 is 20.5 Å². The monoisotopic (exact) mass is 612 g/mol. The molecule has 0 fully saturated rings. The minimum atomic E-state index is -5.10. The van der Waals surface area contributed by atoms with Gasteiger partial charge in [-0.05, 0) is 25.0 Å². The molecule has 0 aliphatic carbocycles. The van der Waals surface area contributed by atoms with E-state index in [4.69, 9.17) is 4.74 Å². The molecule has 0 spiro atoms.